The molecule has 1 aliphatic heterocycles. The smallest absolute Gasteiger partial charge is 0.0567 e. The Morgan fingerprint density at radius 2 is 2.17 bits per heavy atom. The lowest BCUT2D eigenvalue weighted by atomic mass is 10.1. The second kappa shape index (κ2) is 4.63. The van der Waals surface area contributed by atoms with Gasteiger partial charge in [-0.25, -0.2) is 0 Å². The zero-order chi connectivity index (χ0) is 8.97. The molecule has 0 spiro atoms. The van der Waals surface area contributed by atoms with Gasteiger partial charge in [0.25, 0.3) is 0 Å². The average Bonchev–Trinajstić information content (AvgIpc) is 2.65. The lowest BCUT2D eigenvalue weighted by Gasteiger charge is -1.94. The van der Waals surface area contributed by atoms with Gasteiger partial charge in [0.15, 0.2) is 0 Å². The highest BCUT2D eigenvalue weighted by molar-refractivity contribution is 4.99. The third kappa shape index (κ3) is 2.32. The zero-order valence-corrected chi connectivity index (χ0v) is 7.87. The third-order valence-corrected chi connectivity index (χ3v) is 2.55. The summed E-state index contributed by atoms with van der Waals surface area (Å²) in [6.07, 6.45) is 7.73. The summed E-state index contributed by atoms with van der Waals surface area (Å²) in [5.41, 5.74) is 0. The van der Waals surface area contributed by atoms with Crippen molar-refractivity contribution in [3.8, 4) is 0 Å². The first kappa shape index (κ1) is 9.75. The molecule has 1 aliphatic rings. The summed E-state index contributed by atoms with van der Waals surface area (Å²) >= 11 is 0. The van der Waals surface area contributed by atoms with E-state index in [0.717, 1.165) is 12.8 Å². The van der Waals surface area contributed by atoms with Crippen LogP contribution in [-0.4, -0.2) is 22.4 Å². The van der Waals surface area contributed by atoms with Crippen molar-refractivity contribution in [2.75, 3.05) is 0 Å². The van der Waals surface area contributed by atoms with E-state index in [1.165, 1.54) is 24.3 Å². The van der Waals surface area contributed by atoms with Crippen molar-refractivity contribution in [2.45, 2.75) is 51.1 Å². The third-order valence-electron chi connectivity index (χ3n) is 2.55. The Kier molecular flexibility index (Phi) is 3.76. The van der Waals surface area contributed by atoms with Crippen molar-refractivity contribution in [3.63, 3.8) is 0 Å². The Morgan fingerprint density at radius 3 is 2.75 bits per heavy atom. The Labute approximate surface area is 74.8 Å². The average molecular weight is 169 g/mol. The van der Waals surface area contributed by atoms with Crippen molar-refractivity contribution >= 4 is 0 Å². The second-order valence-electron chi connectivity index (χ2n) is 3.53. The van der Waals surface area contributed by atoms with Crippen LogP contribution < -0.4 is 0 Å². The maximum absolute atomic E-state index is 9.30. The Morgan fingerprint density at radius 1 is 1.42 bits per heavy atom. The van der Waals surface area contributed by atoms with E-state index in [-0.39, 0.29) is 0 Å². The van der Waals surface area contributed by atoms with Gasteiger partial charge in [-0.1, -0.05) is 32.3 Å². The van der Waals surface area contributed by atoms with E-state index in [9.17, 15) is 5.21 Å². The molecule has 2 nitrogen and oxygen atoms in total. The van der Waals surface area contributed by atoms with Gasteiger partial charge < -0.3 is 5.21 Å². The highest BCUT2D eigenvalue weighted by atomic mass is 16.5. The highest BCUT2D eigenvalue weighted by Gasteiger charge is 2.44. The standard InChI is InChI=1S/C10H19NO/c1-3-5-6-8-10-9(7-4-2)11(10)12/h4,9-10,12H,2-3,5-8H2,1H3. The molecular weight excluding hydrogens is 150 g/mol. The quantitative estimate of drug-likeness (QED) is 0.375. The highest BCUT2D eigenvalue weighted by Crippen LogP contribution is 2.32. The van der Waals surface area contributed by atoms with E-state index in [1.54, 1.807) is 0 Å². The second-order valence-corrected chi connectivity index (χ2v) is 3.53. The largest absolute Gasteiger partial charge is 0.313 e. The van der Waals surface area contributed by atoms with E-state index < -0.39 is 0 Å². The first-order valence-corrected chi connectivity index (χ1v) is 4.89. The van der Waals surface area contributed by atoms with Gasteiger partial charge in [-0.05, 0) is 12.8 Å². The van der Waals surface area contributed by atoms with Crippen LogP contribution in [0.1, 0.15) is 39.0 Å². The minimum Gasteiger partial charge on any atom is -0.313 e. The number of hydrogen-bond donors (Lipinski definition) is 1. The summed E-state index contributed by atoms with van der Waals surface area (Å²) < 4.78 is 0. The van der Waals surface area contributed by atoms with Gasteiger partial charge in [-0.3, -0.25) is 0 Å². The fourth-order valence-electron chi connectivity index (χ4n) is 1.68. The van der Waals surface area contributed by atoms with Gasteiger partial charge in [0.1, 0.15) is 0 Å². The minimum atomic E-state index is 0.374. The molecule has 1 fully saturated rings. The summed E-state index contributed by atoms with van der Waals surface area (Å²) in [7, 11) is 0. The number of hydroxylamine groups is 2. The van der Waals surface area contributed by atoms with E-state index in [4.69, 9.17) is 0 Å². The number of rotatable bonds is 6. The molecule has 0 bridgehead atoms. The molecule has 3 atom stereocenters. The summed E-state index contributed by atoms with van der Waals surface area (Å²) in [6, 6.07) is 0.800. The molecule has 0 aromatic carbocycles. The van der Waals surface area contributed by atoms with Crippen LogP contribution in [0.15, 0.2) is 12.7 Å². The van der Waals surface area contributed by atoms with Crippen LogP contribution in [-0.2, 0) is 0 Å². The molecule has 2 heteroatoms. The zero-order valence-electron chi connectivity index (χ0n) is 7.87. The van der Waals surface area contributed by atoms with Gasteiger partial charge in [0, 0.05) is 0 Å². The Balaban J connectivity index is 2.07. The molecule has 1 rings (SSSR count). The predicted molar refractivity (Wildman–Crippen MR) is 50.2 cm³/mol. The maximum atomic E-state index is 9.30. The first-order valence-electron chi connectivity index (χ1n) is 4.89. The summed E-state index contributed by atoms with van der Waals surface area (Å²) in [4.78, 5) is 0. The van der Waals surface area contributed by atoms with Crippen molar-refractivity contribution < 1.29 is 5.21 Å². The van der Waals surface area contributed by atoms with Gasteiger partial charge in [-0.2, -0.15) is 5.06 Å². The van der Waals surface area contributed by atoms with Crippen LogP contribution in [0.4, 0.5) is 0 Å². The van der Waals surface area contributed by atoms with E-state index in [2.05, 4.69) is 13.5 Å². The van der Waals surface area contributed by atoms with Crippen LogP contribution in [0.2, 0.25) is 0 Å². The Hall–Kier alpha value is -0.340. The number of nitrogens with zero attached hydrogens (tertiary/aromatic N) is 1. The van der Waals surface area contributed by atoms with E-state index >= 15 is 0 Å². The molecule has 12 heavy (non-hydrogen) atoms. The molecule has 0 aromatic heterocycles. The van der Waals surface area contributed by atoms with Crippen molar-refractivity contribution in [2.24, 2.45) is 0 Å². The summed E-state index contributed by atoms with van der Waals surface area (Å²) in [6.45, 7) is 5.87. The van der Waals surface area contributed by atoms with Gasteiger partial charge >= 0.3 is 0 Å². The molecular formula is C10H19NO. The van der Waals surface area contributed by atoms with Crippen LogP contribution in [0.25, 0.3) is 0 Å². The van der Waals surface area contributed by atoms with Crippen molar-refractivity contribution in [1.82, 2.24) is 5.06 Å². The molecule has 1 saturated heterocycles. The monoisotopic (exact) mass is 169 g/mol. The van der Waals surface area contributed by atoms with Crippen molar-refractivity contribution in [3.05, 3.63) is 12.7 Å². The van der Waals surface area contributed by atoms with Gasteiger partial charge in [0.2, 0.25) is 0 Å². The molecule has 0 aromatic rings. The van der Waals surface area contributed by atoms with Crippen LogP contribution in [0.5, 0.6) is 0 Å². The molecule has 3 unspecified atom stereocenters. The predicted octanol–water partition coefficient (Wildman–Crippen LogP) is 2.58. The SMILES string of the molecule is C=CCC1C(CCCCC)N1O. The molecule has 0 aliphatic carbocycles. The fraction of sp³-hybridized carbons (Fsp3) is 0.800. The summed E-state index contributed by atoms with van der Waals surface area (Å²) in [5.74, 6) is 0. The first-order chi connectivity index (χ1) is 5.81. The van der Waals surface area contributed by atoms with Crippen LogP contribution in [0.3, 0.4) is 0 Å². The molecule has 0 amide bonds. The molecule has 0 radical (unpaired) electrons. The lowest BCUT2D eigenvalue weighted by Crippen LogP contribution is -1.93. The van der Waals surface area contributed by atoms with Gasteiger partial charge in [-0.15, -0.1) is 6.58 Å². The van der Waals surface area contributed by atoms with Gasteiger partial charge in [0.05, 0.1) is 12.1 Å². The van der Waals surface area contributed by atoms with Crippen LogP contribution >= 0.6 is 0 Å². The summed E-state index contributed by atoms with van der Waals surface area (Å²) in [5, 5.41) is 10.8. The van der Waals surface area contributed by atoms with Crippen LogP contribution in [0, 0.1) is 0 Å². The number of hydrogen-bond acceptors (Lipinski definition) is 2. The molecule has 70 valence electrons. The minimum absolute atomic E-state index is 0.374. The van der Waals surface area contributed by atoms with E-state index in [0.29, 0.717) is 12.1 Å². The maximum Gasteiger partial charge on any atom is 0.0567 e. The Bertz CT molecular complexity index is 147. The molecule has 1 heterocycles. The van der Waals surface area contributed by atoms with E-state index in [1.807, 2.05) is 6.08 Å². The normalized spacial score (nSPS) is 33.3. The topological polar surface area (TPSA) is 23.2 Å². The molecule has 0 saturated carbocycles. The molecule has 1 N–H and O–H groups in total. The van der Waals surface area contributed by atoms with Crippen molar-refractivity contribution in [1.29, 1.82) is 0 Å². The lowest BCUT2D eigenvalue weighted by molar-refractivity contribution is 0.00440. The fourth-order valence-corrected chi connectivity index (χ4v) is 1.68. The number of unbranched alkanes of at least 4 members (excludes halogenated alkanes) is 2.